The summed E-state index contributed by atoms with van der Waals surface area (Å²) in [5.74, 6) is -0.497. The van der Waals surface area contributed by atoms with E-state index in [1.165, 1.54) is 36.4 Å². The maximum atomic E-state index is 13.9. The van der Waals surface area contributed by atoms with Gasteiger partial charge in [0.25, 0.3) is 0 Å². The minimum absolute atomic E-state index is 0.349. The van der Waals surface area contributed by atoms with Crippen molar-refractivity contribution in [3.8, 4) is 22.3 Å². The van der Waals surface area contributed by atoms with Gasteiger partial charge in [0.05, 0.1) is 17.9 Å². The van der Waals surface area contributed by atoms with Gasteiger partial charge < -0.3 is 0 Å². The molecule has 4 heteroatoms. The molecule has 128 valence electrons. The predicted molar refractivity (Wildman–Crippen MR) is 96.1 cm³/mol. The first kappa shape index (κ1) is 16.3. The van der Waals surface area contributed by atoms with Gasteiger partial charge in [0.1, 0.15) is 17.5 Å². The summed E-state index contributed by atoms with van der Waals surface area (Å²) >= 11 is 0. The molecule has 0 fully saturated rings. The van der Waals surface area contributed by atoms with E-state index in [0.717, 1.165) is 22.3 Å². The maximum Gasteiger partial charge on any atom is 0.361 e. The normalized spacial score (nSPS) is 11.1. The molecule has 0 aliphatic rings. The first-order chi connectivity index (χ1) is 12.5. The van der Waals surface area contributed by atoms with Crippen molar-refractivity contribution in [2.45, 2.75) is 6.92 Å². The number of hydrogen-bond acceptors (Lipinski definition) is 0. The van der Waals surface area contributed by atoms with E-state index in [4.69, 9.17) is 4.42 Å². The number of halogens is 3. The largest absolute Gasteiger partial charge is 0.361 e. The third-order valence-electron chi connectivity index (χ3n) is 4.34. The fourth-order valence-corrected chi connectivity index (χ4v) is 3.19. The topological polar surface area (TPSA) is 11.3 Å². The molecule has 0 aliphatic carbocycles. The molecule has 3 aromatic carbocycles. The Balaban J connectivity index is 2.12. The molecule has 0 aliphatic heterocycles. The van der Waals surface area contributed by atoms with E-state index in [1.807, 2.05) is 0 Å². The summed E-state index contributed by atoms with van der Waals surface area (Å²) in [6.45, 7) is 1.80. The Hall–Kier alpha value is -3.14. The Morgan fingerprint density at radius 1 is 0.615 bits per heavy atom. The zero-order chi connectivity index (χ0) is 18.3. The Bertz CT molecular complexity index is 1100. The molecular formula is C22H14F3O+. The molecule has 0 saturated heterocycles. The fraction of sp³-hybridized carbons (Fsp3) is 0.0455. The van der Waals surface area contributed by atoms with Gasteiger partial charge in [-0.2, -0.15) is 0 Å². The lowest BCUT2D eigenvalue weighted by Crippen LogP contribution is -1.93. The third-order valence-corrected chi connectivity index (χ3v) is 4.34. The maximum absolute atomic E-state index is 13.9. The molecule has 0 amide bonds. The lowest BCUT2D eigenvalue weighted by atomic mass is 9.91. The summed E-state index contributed by atoms with van der Waals surface area (Å²) in [6, 6.07) is 16.3. The van der Waals surface area contributed by atoms with Crippen LogP contribution in [0.15, 0.2) is 71.1 Å². The molecule has 0 saturated carbocycles. The molecular weight excluding hydrogens is 337 g/mol. The highest BCUT2D eigenvalue weighted by molar-refractivity contribution is 6.02. The molecule has 0 unspecified atom stereocenters. The third kappa shape index (κ3) is 2.84. The van der Waals surface area contributed by atoms with Crippen molar-refractivity contribution in [2.24, 2.45) is 0 Å². The molecule has 0 spiro atoms. The second kappa shape index (κ2) is 6.30. The van der Waals surface area contributed by atoms with Crippen molar-refractivity contribution >= 4 is 11.0 Å². The van der Waals surface area contributed by atoms with Crippen LogP contribution in [-0.2, 0) is 0 Å². The zero-order valence-electron chi connectivity index (χ0n) is 13.9. The second-order valence-electron chi connectivity index (χ2n) is 6.06. The number of fused-ring (bicyclic) bond motifs is 1. The average Bonchev–Trinajstić information content (AvgIpc) is 2.63. The average molecular weight is 351 g/mol. The number of aryl methyl sites for hydroxylation is 1. The van der Waals surface area contributed by atoms with Gasteiger partial charge >= 0.3 is 11.3 Å². The van der Waals surface area contributed by atoms with E-state index in [2.05, 4.69) is 0 Å². The lowest BCUT2D eigenvalue weighted by Gasteiger charge is -2.10. The fourth-order valence-electron chi connectivity index (χ4n) is 3.19. The van der Waals surface area contributed by atoms with E-state index in [-0.39, 0.29) is 11.6 Å². The highest BCUT2D eigenvalue weighted by Crippen LogP contribution is 2.40. The van der Waals surface area contributed by atoms with Crippen molar-refractivity contribution < 1.29 is 17.6 Å². The van der Waals surface area contributed by atoms with Gasteiger partial charge in [0.15, 0.2) is 0 Å². The summed E-state index contributed by atoms with van der Waals surface area (Å²) in [5.41, 5.74) is 3.41. The Labute approximate surface area is 148 Å². The molecule has 26 heavy (non-hydrogen) atoms. The molecule has 0 atom stereocenters. The number of benzene rings is 3. The van der Waals surface area contributed by atoms with Crippen molar-refractivity contribution in [3.05, 3.63) is 89.9 Å². The zero-order valence-corrected chi connectivity index (χ0v) is 13.9. The van der Waals surface area contributed by atoms with Crippen molar-refractivity contribution in [1.82, 2.24) is 0 Å². The highest BCUT2D eigenvalue weighted by Gasteiger charge is 2.25. The summed E-state index contributed by atoms with van der Waals surface area (Å²) in [5, 5.41) is 0.571. The van der Waals surface area contributed by atoms with Crippen molar-refractivity contribution in [2.75, 3.05) is 0 Å². The van der Waals surface area contributed by atoms with Crippen LogP contribution in [0, 0.1) is 24.4 Å². The first-order valence-electron chi connectivity index (χ1n) is 8.11. The molecule has 0 bridgehead atoms. The van der Waals surface area contributed by atoms with E-state index in [1.54, 1.807) is 37.3 Å². The summed E-state index contributed by atoms with van der Waals surface area (Å²) < 4.78 is 46.6. The van der Waals surface area contributed by atoms with Gasteiger partial charge in [0, 0.05) is 11.6 Å². The van der Waals surface area contributed by atoms with Crippen LogP contribution in [0.2, 0.25) is 0 Å². The molecule has 0 radical (unpaired) electrons. The Morgan fingerprint density at radius 2 is 1.12 bits per heavy atom. The van der Waals surface area contributed by atoms with Crippen LogP contribution in [0.3, 0.4) is 0 Å². The quantitative estimate of drug-likeness (QED) is 0.363. The van der Waals surface area contributed by atoms with Crippen LogP contribution < -0.4 is 0 Å². The van der Waals surface area contributed by atoms with E-state index in [9.17, 15) is 13.2 Å². The minimum Gasteiger partial charge on any atom is -0.212 e. The van der Waals surface area contributed by atoms with Gasteiger partial charge in [-0.15, -0.1) is 0 Å². The van der Waals surface area contributed by atoms with Gasteiger partial charge in [-0.05, 0) is 47.5 Å². The summed E-state index contributed by atoms with van der Waals surface area (Å²) in [4.78, 5) is 0. The van der Waals surface area contributed by atoms with Gasteiger partial charge in [-0.3, -0.25) is 0 Å². The lowest BCUT2D eigenvalue weighted by molar-refractivity contribution is 0.566. The van der Waals surface area contributed by atoms with E-state index in [0.29, 0.717) is 16.7 Å². The van der Waals surface area contributed by atoms with Crippen LogP contribution in [0.4, 0.5) is 13.2 Å². The van der Waals surface area contributed by atoms with Gasteiger partial charge in [-0.1, -0.05) is 24.3 Å². The SMILES string of the molecule is Cc1[o+]c2ccc(F)cc2c(-c2ccc(F)cc2)c1-c1ccc(F)cc1. The standard InChI is InChI=1S/C22H14F3O/c1-13-21(14-2-6-16(23)7-3-14)22(15-4-8-17(24)9-5-15)19-12-18(25)10-11-20(19)26-13/h2-12H,1H3/q+1. The highest BCUT2D eigenvalue weighted by atomic mass is 19.1. The Kier molecular flexibility index (Phi) is 3.96. The molecule has 4 aromatic rings. The number of hydrogen-bond donors (Lipinski definition) is 0. The summed E-state index contributed by atoms with van der Waals surface area (Å²) in [7, 11) is 0. The first-order valence-corrected chi connectivity index (χ1v) is 8.11. The van der Waals surface area contributed by atoms with Crippen molar-refractivity contribution in [1.29, 1.82) is 0 Å². The van der Waals surface area contributed by atoms with Crippen LogP contribution in [0.25, 0.3) is 33.2 Å². The van der Waals surface area contributed by atoms with Gasteiger partial charge in [-0.25, -0.2) is 17.6 Å². The van der Waals surface area contributed by atoms with Crippen LogP contribution in [0.5, 0.6) is 0 Å². The van der Waals surface area contributed by atoms with Gasteiger partial charge in [0.2, 0.25) is 0 Å². The predicted octanol–water partition coefficient (Wildman–Crippen LogP) is 6.77. The van der Waals surface area contributed by atoms with Crippen LogP contribution in [-0.4, -0.2) is 0 Å². The van der Waals surface area contributed by atoms with E-state index >= 15 is 0 Å². The number of rotatable bonds is 2. The second-order valence-corrected chi connectivity index (χ2v) is 6.06. The summed E-state index contributed by atoms with van der Waals surface area (Å²) in [6.07, 6.45) is 0. The minimum atomic E-state index is -0.398. The molecule has 4 rings (SSSR count). The smallest absolute Gasteiger partial charge is 0.212 e. The molecule has 1 aromatic heterocycles. The van der Waals surface area contributed by atoms with E-state index < -0.39 is 5.82 Å². The molecule has 1 nitrogen and oxygen atoms in total. The van der Waals surface area contributed by atoms with Crippen LogP contribution in [0.1, 0.15) is 5.76 Å². The molecule has 1 heterocycles. The Morgan fingerprint density at radius 3 is 1.69 bits per heavy atom. The molecule has 0 N–H and O–H groups in total. The van der Waals surface area contributed by atoms with Crippen LogP contribution >= 0.6 is 0 Å². The van der Waals surface area contributed by atoms with Crippen molar-refractivity contribution in [3.63, 3.8) is 0 Å². The monoisotopic (exact) mass is 351 g/mol.